The maximum Gasteiger partial charge on any atom is 0.200 e. The maximum absolute atomic E-state index is 6.84. The molecule has 0 amide bonds. The molecule has 5 aromatic carbocycles. The van der Waals surface area contributed by atoms with Crippen molar-refractivity contribution >= 4 is 33.5 Å². The number of terminal acetylenes is 1. The molecule has 8 rings (SSSR count). The Bertz CT molecular complexity index is 2420. The summed E-state index contributed by atoms with van der Waals surface area (Å²) in [6, 6.07) is 43.2. The van der Waals surface area contributed by atoms with Gasteiger partial charge < -0.3 is 15.6 Å². The van der Waals surface area contributed by atoms with E-state index in [9.17, 15) is 0 Å². The highest BCUT2D eigenvalue weighted by Crippen LogP contribution is 2.46. The van der Waals surface area contributed by atoms with Crippen LogP contribution in [0.15, 0.2) is 174 Å². The second-order valence-electron chi connectivity index (χ2n) is 13.3. The summed E-state index contributed by atoms with van der Waals surface area (Å²) in [5.74, 6) is 3.10. The third-order valence-corrected chi connectivity index (χ3v) is 9.66. The number of nitrogens with two attached hydrogens (primary N) is 1. The number of guanidine groups is 1. The lowest BCUT2D eigenvalue weighted by Crippen LogP contribution is -2.35. The quantitative estimate of drug-likeness (QED) is 0.0549. The molecule has 5 heteroatoms. The number of hydrogen-bond donors (Lipinski definition) is 2. The molecular formula is C48H45N5. The molecule has 1 saturated heterocycles. The van der Waals surface area contributed by atoms with Gasteiger partial charge in [0.05, 0.1) is 17.7 Å². The van der Waals surface area contributed by atoms with Crippen LogP contribution in [-0.2, 0) is 19.5 Å². The smallest absolute Gasteiger partial charge is 0.200 e. The number of allylic oxidation sites excluding steroid dienone is 8. The predicted molar refractivity (Wildman–Crippen MR) is 225 cm³/mol. The van der Waals surface area contributed by atoms with Crippen LogP contribution in [-0.4, -0.2) is 17.1 Å². The van der Waals surface area contributed by atoms with Crippen molar-refractivity contribution in [2.45, 2.75) is 39.4 Å². The van der Waals surface area contributed by atoms with Crippen LogP contribution in [0.4, 0.5) is 5.69 Å². The summed E-state index contributed by atoms with van der Waals surface area (Å²) in [4.78, 5) is 7.02. The average Bonchev–Trinajstić information content (AvgIpc) is 3.91. The van der Waals surface area contributed by atoms with E-state index in [0.29, 0.717) is 18.5 Å². The van der Waals surface area contributed by atoms with E-state index in [2.05, 4.69) is 142 Å². The van der Waals surface area contributed by atoms with Crippen molar-refractivity contribution in [3.8, 4) is 23.5 Å². The number of aliphatic imine (C=N–C) groups is 1. The zero-order chi connectivity index (χ0) is 36.6. The zero-order valence-electron chi connectivity index (χ0n) is 30.4. The highest BCUT2D eigenvalue weighted by molar-refractivity contribution is 6.17. The van der Waals surface area contributed by atoms with Gasteiger partial charge in [-0.05, 0) is 66.0 Å². The normalized spacial score (nSPS) is 16.4. The number of nitrogens with one attached hydrogen (secondary N) is 1. The van der Waals surface area contributed by atoms with Gasteiger partial charge in [0.15, 0.2) is 0 Å². The molecule has 2 aliphatic heterocycles. The second kappa shape index (κ2) is 16.3. The fourth-order valence-electron chi connectivity index (χ4n) is 7.09. The van der Waals surface area contributed by atoms with Gasteiger partial charge >= 0.3 is 0 Å². The van der Waals surface area contributed by atoms with Crippen LogP contribution in [0.2, 0.25) is 0 Å². The first-order valence-electron chi connectivity index (χ1n) is 18.2. The lowest BCUT2D eigenvalue weighted by Gasteiger charge is -2.23. The van der Waals surface area contributed by atoms with Gasteiger partial charge in [-0.25, -0.2) is 4.99 Å². The molecule has 2 aliphatic rings. The molecule has 53 heavy (non-hydrogen) atoms. The predicted octanol–water partition coefficient (Wildman–Crippen LogP) is 10.3. The summed E-state index contributed by atoms with van der Waals surface area (Å²) in [6.07, 6.45) is 18.5. The fraction of sp³-hybridized carbons (Fsp3) is 0.146. The number of aromatic nitrogens is 1. The van der Waals surface area contributed by atoms with Crippen LogP contribution in [0, 0.1) is 12.3 Å². The maximum atomic E-state index is 6.84. The molecule has 0 aliphatic carbocycles. The Labute approximate surface area is 313 Å². The summed E-state index contributed by atoms with van der Waals surface area (Å²) in [6.45, 7) is 6.46. The summed E-state index contributed by atoms with van der Waals surface area (Å²) in [7, 11) is 0. The molecule has 1 aromatic heterocycles. The number of hydrogen-bond acceptors (Lipinski definition) is 2. The van der Waals surface area contributed by atoms with Crippen LogP contribution in [0.3, 0.4) is 0 Å². The van der Waals surface area contributed by atoms with E-state index in [1.165, 1.54) is 38.5 Å². The van der Waals surface area contributed by atoms with Crippen molar-refractivity contribution in [1.29, 1.82) is 0 Å². The second-order valence-corrected chi connectivity index (χ2v) is 13.3. The van der Waals surface area contributed by atoms with Crippen molar-refractivity contribution in [3.05, 3.63) is 186 Å². The van der Waals surface area contributed by atoms with Gasteiger partial charge in [0.1, 0.15) is 0 Å². The number of benzene rings is 5. The summed E-state index contributed by atoms with van der Waals surface area (Å²) >= 11 is 0. The molecule has 0 radical (unpaired) electrons. The molecule has 0 saturated carbocycles. The molecule has 0 bridgehead atoms. The third kappa shape index (κ3) is 7.79. The number of nitrogens with zero attached hydrogens (tertiary/aromatic N) is 3. The van der Waals surface area contributed by atoms with E-state index in [0.717, 1.165) is 47.6 Å². The number of para-hydroxylation sites is 2. The lowest BCUT2D eigenvalue weighted by atomic mass is 9.96. The summed E-state index contributed by atoms with van der Waals surface area (Å²) in [5, 5.41) is 5.70. The van der Waals surface area contributed by atoms with Crippen LogP contribution in [0.5, 0.6) is 0 Å². The average molecular weight is 692 g/mol. The minimum atomic E-state index is 0.492. The van der Waals surface area contributed by atoms with Gasteiger partial charge in [-0.15, -0.1) is 6.42 Å². The third-order valence-electron chi connectivity index (χ3n) is 9.66. The Hall–Kier alpha value is -6.35. The topological polar surface area (TPSA) is 68.5 Å². The van der Waals surface area contributed by atoms with Gasteiger partial charge in [-0.3, -0.25) is 4.90 Å². The highest BCUT2D eigenvalue weighted by Gasteiger charge is 2.30. The van der Waals surface area contributed by atoms with Crippen molar-refractivity contribution in [1.82, 2.24) is 9.88 Å². The van der Waals surface area contributed by atoms with E-state index in [-0.39, 0.29) is 0 Å². The molecule has 1 atom stereocenters. The zero-order valence-corrected chi connectivity index (χ0v) is 30.4. The molecule has 3 N–H and O–H groups in total. The van der Waals surface area contributed by atoms with Gasteiger partial charge in [-0.1, -0.05) is 139 Å². The van der Waals surface area contributed by atoms with Gasteiger partial charge in [0, 0.05) is 53.1 Å². The summed E-state index contributed by atoms with van der Waals surface area (Å²) < 4.78 is 2.38. The minimum absolute atomic E-state index is 0.492. The first kappa shape index (κ1) is 35.1. The van der Waals surface area contributed by atoms with E-state index in [4.69, 9.17) is 17.1 Å². The Morgan fingerprint density at radius 2 is 1.58 bits per heavy atom. The Morgan fingerprint density at radius 3 is 2.34 bits per heavy atom. The Balaban J connectivity index is 0.000000418. The molecule has 6 aromatic rings. The molecule has 0 spiro atoms. The van der Waals surface area contributed by atoms with Crippen LogP contribution in [0.1, 0.15) is 36.6 Å². The molecule has 1 fully saturated rings. The van der Waals surface area contributed by atoms with E-state index in [1.807, 2.05) is 44.2 Å². The van der Waals surface area contributed by atoms with Gasteiger partial charge in [0.25, 0.3) is 0 Å². The highest BCUT2D eigenvalue weighted by atomic mass is 15.3. The van der Waals surface area contributed by atoms with E-state index in [1.54, 1.807) is 6.08 Å². The number of rotatable bonds is 8. The number of anilines is 1. The summed E-state index contributed by atoms with van der Waals surface area (Å²) in [5.41, 5.74) is 18.6. The minimum Gasteiger partial charge on any atom is -0.369 e. The van der Waals surface area contributed by atoms with Crippen molar-refractivity contribution in [2.75, 3.05) is 11.4 Å². The molecular weight excluding hydrogens is 647 g/mol. The van der Waals surface area contributed by atoms with Crippen LogP contribution >= 0.6 is 0 Å². The van der Waals surface area contributed by atoms with Crippen LogP contribution < -0.4 is 16.0 Å². The first-order valence-corrected chi connectivity index (χ1v) is 18.2. The van der Waals surface area contributed by atoms with Crippen molar-refractivity contribution in [2.24, 2.45) is 10.7 Å². The van der Waals surface area contributed by atoms with Crippen molar-refractivity contribution < 1.29 is 0 Å². The van der Waals surface area contributed by atoms with Crippen molar-refractivity contribution in [3.63, 3.8) is 0 Å². The van der Waals surface area contributed by atoms with Gasteiger partial charge in [-0.2, -0.15) is 0 Å². The Morgan fingerprint density at radius 1 is 0.887 bits per heavy atom. The van der Waals surface area contributed by atoms with E-state index < -0.39 is 0 Å². The first-order chi connectivity index (χ1) is 26.1. The SMILES string of the molecule is C#C/C=C(C)\C=C/Cn1c2ccccc2c2c(-c3cccc4c3N(C(N)=NCc3ccccc3)/C(=C/C=C\C)C4)cccc21.c1ccc(C2CN2)cc1. The molecule has 262 valence electrons. The number of fused-ring (bicyclic) bond motifs is 4. The molecule has 1 unspecified atom stereocenters. The van der Waals surface area contributed by atoms with Crippen LogP contribution in [0.25, 0.3) is 32.9 Å². The van der Waals surface area contributed by atoms with E-state index >= 15 is 0 Å². The molecule has 3 heterocycles. The monoisotopic (exact) mass is 691 g/mol. The largest absolute Gasteiger partial charge is 0.369 e. The Kier molecular flexibility index (Phi) is 10.8. The molecule has 5 nitrogen and oxygen atoms in total. The standard InChI is InChI=1S/C40H36N4.C8H9N/c1-4-6-20-32-27-31-19-12-23-34(39(31)44(32)40(41)42-28-30-17-8-7-9-18-30)33-22-13-25-37-38(33)35-21-10-11-24-36(35)43(37)26-14-16-29(3)15-5-2;1-2-4-7(5-3-1)8-6-9-8/h2,4,6-25H,26-28H2,1,3H3,(H2,41,42);1-5,8-9H,6H2/b6-4-,16-14-,29-15-,32-20+;. The van der Waals surface area contributed by atoms with Gasteiger partial charge in [0.2, 0.25) is 5.96 Å². The fourth-order valence-corrected chi connectivity index (χ4v) is 7.09. The lowest BCUT2D eigenvalue weighted by molar-refractivity contribution is 0.898.